The molecule has 0 aliphatic carbocycles. The monoisotopic (exact) mass is 163 g/mol. The van der Waals surface area contributed by atoms with Crippen LogP contribution in [0, 0.1) is 10.1 Å². The number of nitro groups is 1. The van der Waals surface area contributed by atoms with E-state index in [4.69, 9.17) is 4.42 Å². The summed E-state index contributed by atoms with van der Waals surface area (Å²) >= 11 is 0. The second kappa shape index (κ2) is 2.34. The summed E-state index contributed by atoms with van der Waals surface area (Å²) in [6, 6.07) is 8.46. The fourth-order valence-corrected chi connectivity index (χ4v) is 1.06. The number of hydrogen-bond acceptors (Lipinski definition) is 3. The van der Waals surface area contributed by atoms with E-state index in [1.165, 1.54) is 6.07 Å². The average Bonchev–Trinajstić information content (AvgIpc) is 2.46. The normalized spacial score (nSPS) is 10.3. The Morgan fingerprint density at radius 3 is 2.75 bits per heavy atom. The Hall–Kier alpha value is -1.84. The highest BCUT2D eigenvalue weighted by Crippen LogP contribution is 2.23. The molecule has 0 bridgehead atoms. The maximum absolute atomic E-state index is 10.3. The van der Waals surface area contributed by atoms with E-state index in [1.54, 1.807) is 18.2 Å². The maximum Gasteiger partial charge on any atom is 0.434 e. The third-order valence-electron chi connectivity index (χ3n) is 1.59. The van der Waals surface area contributed by atoms with Crippen molar-refractivity contribution in [1.82, 2.24) is 0 Å². The van der Waals surface area contributed by atoms with Crippen molar-refractivity contribution in [2.45, 2.75) is 0 Å². The van der Waals surface area contributed by atoms with E-state index >= 15 is 0 Å². The van der Waals surface area contributed by atoms with Crippen molar-refractivity contribution in [3.63, 3.8) is 0 Å². The first-order chi connectivity index (χ1) is 5.77. The summed E-state index contributed by atoms with van der Waals surface area (Å²) in [5.41, 5.74) is 0.546. The van der Waals surface area contributed by atoms with Crippen LogP contribution in [0.2, 0.25) is 0 Å². The van der Waals surface area contributed by atoms with Crippen LogP contribution in [0.25, 0.3) is 11.0 Å². The lowest BCUT2D eigenvalue weighted by Gasteiger charge is -1.81. The molecule has 60 valence electrons. The first-order valence-corrected chi connectivity index (χ1v) is 3.40. The zero-order chi connectivity index (χ0) is 8.55. The Balaban J connectivity index is 2.70. The van der Waals surface area contributed by atoms with Gasteiger partial charge in [0.15, 0.2) is 0 Å². The molecule has 0 radical (unpaired) electrons. The quantitative estimate of drug-likeness (QED) is 0.478. The molecule has 2 rings (SSSR count). The maximum atomic E-state index is 10.3. The first kappa shape index (κ1) is 6.84. The van der Waals surface area contributed by atoms with Crippen LogP contribution in [0.1, 0.15) is 0 Å². The number of hydrogen-bond donors (Lipinski definition) is 0. The Morgan fingerprint density at radius 2 is 2.08 bits per heavy atom. The molecular weight excluding hydrogens is 158 g/mol. The van der Waals surface area contributed by atoms with E-state index in [9.17, 15) is 10.1 Å². The molecular formula is C8H5NO3. The fraction of sp³-hybridized carbons (Fsp3) is 0. The van der Waals surface area contributed by atoms with Crippen LogP contribution in [0.5, 0.6) is 0 Å². The molecule has 0 unspecified atom stereocenters. The second-order valence-corrected chi connectivity index (χ2v) is 2.38. The zero-order valence-corrected chi connectivity index (χ0v) is 6.06. The van der Waals surface area contributed by atoms with Gasteiger partial charge in [-0.15, -0.1) is 0 Å². The topological polar surface area (TPSA) is 56.3 Å². The summed E-state index contributed by atoms with van der Waals surface area (Å²) in [7, 11) is 0. The van der Waals surface area contributed by atoms with Crippen LogP contribution in [0.4, 0.5) is 5.88 Å². The van der Waals surface area contributed by atoms with Gasteiger partial charge in [-0.2, -0.15) is 0 Å². The molecule has 1 aromatic carbocycles. The molecule has 12 heavy (non-hydrogen) atoms. The van der Waals surface area contributed by atoms with E-state index in [0.717, 1.165) is 5.39 Å². The van der Waals surface area contributed by atoms with Crippen molar-refractivity contribution in [3.8, 4) is 0 Å². The lowest BCUT2D eigenvalue weighted by atomic mass is 10.3. The molecule has 4 nitrogen and oxygen atoms in total. The smallest absolute Gasteiger partial charge is 0.401 e. The van der Waals surface area contributed by atoms with Crippen LogP contribution >= 0.6 is 0 Å². The highest BCUT2D eigenvalue weighted by Gasteiger charge is 2.11. The summed E-state index contributed by atoms with van der Waals surface area (Å²) in [5, 5.41) is 11.0. The molecule has 0 aliphatic rings. The summed E-state index contributed by atoms with van der Waals surface area (Å²) in [4.78, 5) is 9.74. The second-order valence-electron chi connectivity index (χ2n) is 2.38. The van der Waals surface area contributed by atoms with Gasteiger partial charge in [0.05, 0.1) is 6.07 Å². The molecule has 0 saturated carbocycles. The van der Waals surface area contributed by atoms with Crippen LogP contribution in [0.15, 0.2) is 34.7 Å². The molecule has 4 heteroatoms. The molecule has 0 fully saturated rings. The highest BCUT2D eigenvalue weighted by atomic mass is 16.6. The van der Waals surface area contributed by atoms with Crippen molar-refractivity contribution in [2.24, 2.45) is 0 Å². The molecule has 0 spiro atoms. The summed E-state index contributed by atoms with van der Waals surface area (Å²) in [6.07, 6.45) is 0. The molecule has 0 N–H and O–H groups in total. The largest absolute Gasteiger partial charge is 0.434 e. The minimum atomic E-state index is -0.542. The molecule has 1 heterocycles. The summed E-state index contributed by atoms with van der Waals surface area (Å²) in [6.45, 7) is 0. The van der Waals surface area contributed by atoms with Crippen molar-refractivity contribution in [3.05, 3.63) is 40.4 Å². The Labute approximate surface area is 67.6 Å². The van der Waals surface area contributed by atoms with Crippen molar-refractivity contribution >= 4 is 16.9 Å². The number of furan rings is 1. The predicted molar refractivity (Wildman–Crippen MR) is 42.9 cm³/mol. The van der Waals surface area contributed by atoms with Gasteiger partial charge in [-0.3, -0.25) is 10.1 Å². The van der Waals surface area contributed by atoms with E-state index in [2.05, 4.69) is 0 Å². The zero-order valence-electron chi connectivity index (χ0n) is 6.06. The Morgan fingerprint density at radius 1 is 1.33 bits per heavy atom. The number of nitrogens with zero attached hydrogens (tertiary/aromatic N) is 1. The van der Waals surface area contributed by atoms with Gasteiger partial charge in [-0.1, -0.05) is 18.2 Å². The number of benzene rings is 1. The minimum absolute atomic E-state index is 0.212. The number of para-hydroxylation sites is 1. The molecule has 2 aromatic rings. The van der Waals surface area contributed by atoms with Gasteiger partial charge in [0.2, 0.25) is 0 Å². The minimum Gasteiger partial charge on any atom is -0.401 e. The van der Waals surface area contributed by atoms with Crippen LogP contribution < -0.4 is 0 Å². The standard InChI is InChI=1S/C8H5NO3/c10-9(11)8-5-6-3-1-2-4-7(6)12-8/h1-5H. The molecule has 0 saturated heterocycles. The third-order valence-corrected chi connectivity index (χ3v) is 1.59. The van der Waals surface area contributed by atoms with Gasteiger partial charge in [0, 0.05) is 5.39 Å². The van der Waals surface area contributed by atoms with Gasteiger partial charge < -0.3 is 4.42 Å². The van der Waals surface area contributed by atoms with Gasteiger partial charge >= 0.3 is 5.88 Å². The van der Waals surface area contributed by atoms with Crippen LogP contribution in [-0.2, 0) is 0 Å². The number of fused-ring (bicyclic) bond motifs is 1. The Kier molecular flexibility index (Phi) is 1.33. The average molecular weight is 163 g/mol. The predicted octanol–water partition coefficient (Wildman–Crippen LogP) is 2.34. The molecule has 0 amide bonds. The van der Waals surface area contributed by atoms with Gasteiger partial charge in [0.25, 0.3) is 0 Å². The van der Waals surface area contributed by atoms with Crippen LogP contribution in [-0.4, -0.2) is 4.92 Å². The van der Waals surface area contributed by atoms with E-state index in [0.29, 0.717) is 5.58 Å². The first-order valence-electron chi connectivity index (χ1n) is 3.40. The SMILES string of the molecule is O=[N+]([O-])c1cc2ccccc2o1. The molecule has 0 atom stereocenters. The third kappa shape index (κ3) is 0.934. The molecule has 0 aliphatic heterocycles. The van der Waals surface area contributed by atoms with Crippen molar-refractivity contribution in [1.29, 1.82) is 0 Å². The van der Waals surface area contributed by atoms with E-state index < -0.39 is 4.92 Å². The van der Waals surface area contributed by atoms with Crippen molar-refractivity contribution < 1.29 is 9.34 Å². The lowest BCUT2D eigenvalue weighted by molar-refractivity contribution is -0.401. The lowest BCUT2D eigenvalue weighted by Crippen LogP contribution is -1.82. The summed E-state index contributed by atoms with van der Waals surface area (Å²) in [5.74, 6) is -0.212. The van der Waals surface area contributed by atoms with E-state index in [-0.39, 0.29) is 5.88 Å². The van der Waals surface area contributed by atoms with Gasteiger partial charge in [-0.05, 0) is 6.07 Å². The van der Waals surface area contributed by atoms with Gasteiger partial charge in [0.1, 0.15) is 10.5 Å². The van der Waals surface area contributed by atoms with Crippen LogP contribution in [0.3, 0.4) is 0 Å². The summed E-state index contributed by atoms with van der Waals surface area (Å²) < 4.78 is 4.93. The number of rotatable bonds is 1. The van der Waals surface area contributed by atoms with Gasteiger partial charge in [-0.25, -0.2) is 0 Å². The fourth-order valence-electron chi connectivity index (χ4n) is 1.06. The highest BCUT2D eigenvalue weighted by molar-refractivity contribution is 5.79. The van der Waals surface area contributed by atoms with Crippen molar-refractivity contribution in [2.75, 3.05) is 0 Å². The molecule has 1 aromatic heterocycles. The van der Waals surface area contributed by atoms with E-state index in [1.807, 2.05) is 6.07 Å². The Bertz CT molecular complexity index is 400.